The van der Waals surface area contributed by atoms with E-state index < -0.39 is 18.0 Å². The van der Waals surface area contributed by atoms with Gasteiger partial charge in [-0.2, -0.15) is 4.98 Å². The van der Waals surface area contributed by atoms with Gasteiger partial charge in [-0.3, -0.25) is 24.4 Å². The molecule has 0 saturated carbocycles. The molecule has 6 N–H and O–H groups in total. The summed E-state index contributed by atoms with van der Waals surface area (Å²) >= 11 is 0. The summed E-state index contributed by atoms with van der Waals surface area (Å²) in [6.07, 6.45) is -0.224. The summed E-state index contributed by atoms with van der Waals surface area (Å²) in [7, 11) is 0. The number of H-pyrrole nitrogens is 1. The van der Waals surface area contributed by atoms with E-state index in [2.05, 4.69) is 15.0 Å². The molecule has 11 nitrogen and oxygen atoms in total. The van der Waals surface area contributed by atoms with Crippen LogP contribution in [-0.4, -0.2) is 41.2 Å². The topological polar surface area (TPSA) is 155 Å². The molecule has 3 heterocycles. The van der Waals surface area contributed by atoms with Crippen LogP contribution in [0.15, 0.2) is 11.1 Å². The van der Waals surface area contributed by atoms with Crippen molar-refractivity contribution in [2.45, 2.75) is 18.9 Å². The molecule has 0 spiro atoms. The fourth-order valence-corrected chi connectivity index (χ4v) is 1.93. The molecule has 0 bridgehead atoms. The number of imidazole rings is 1. The van der Waals surface area contributed by atoms with E-state index in [0.717, 1.165) is 5.17 Å². The van der Waals surface area contributed by atoms with E-state index in [0.29, 0.717) is 0 Å². The van der Waals surface area contributed by atoms with E-state index in [1.165, 1.54) is 10.9 Å². The number of aliphatic hydroxyl groups is 1. The molecule has 0 amide bonds. The predicted molar refractivity (Wildman–Crippen MR) is 60.1 cm³/mol. The Kier molecular flexibility index (Phi) is 2.69. The zero-order chi connectivity index (χ0) is 13.6. The number of aliphatic hydroxyl groups excluding tert-OH is 1. The normalized spacial score (nSPS) is 24.3. The second-order valence-corrected chi connectivity index (χ2v) is 3.98. The van der Waals surface area contributed by atoms with Crippen LogP contribution < -0.4 is 16.9 Å². The van der Waals surface area contributed by atoms with Crippen molar-refractivity contribution in [2.75, 3.05) is 5.73 Å². The fraction of sp³-hybridized carbons (Fsp3) is 0.375. The lowest BCUT2D eigenvalue weighted by Gasteiger charge is -2.15. The number of hydroxylamine groups is 1. The van der Waals surface area contributed by atoms with Crippen LogP contribution >= 0.6 is 0 Å². The van der Waals surface area contributed by atoms with Crippen molar-refractivity contribution in [3.63, 3.8) is 0 Å². The quantitative estimate of drug-likeness (QED) is 0.391. The Hall–Kier alpha value is -2.05. The summed E-state index contributed by atoms with van der Waals surface area (Å²) in [5.74, 6) is -0.0464. The molecule has 1 saturated heterocycles. The lowest BCUT2D eigenvalue weighted by Crippen LogP contribution is -2.38. The molecule has 0 aliphatic carbocycles. The summed E-state index contributed by atoms with van der Waals surface area (Å²) in [5, 5.41) is 19.1. The van der Waals surface area contributed by atoms with Crippen LogP contribution in [0.25, 0.3) is 11.2 Å². The van der Waals surface area contributed by atoms with Gasteiger partial charge in [0.05, 0.1) is 6.33 Å². The van der Waals surface area contributed by atoms with E-state index in [4.69, 9.17) is 15.8 Å². The first-order chi connectivity index (χ1) is 9.10. The first-order valence-corrected chi connectivity index (χ1v) is 5.36. The van der Waals surface area contributed by atoms with Gasteiger partial charge < -0.3 is 10.8 Å². The van der Waals surface area contributed by atoms with Crippen LogP contribution in [0.2, 0.25) is 0 Å². The van der Waals surface area contributed by atoms with Crippen LogP contribution in [0.3, 0.4) is 0 Å². The molecule has 11 heteroatoms. The van der Waals surface area contributed by atoms with Crippen molar-refractivity contribution < 1.29 is 15.2 Å². The maximum absolute atomic E-state index is 11.6. The highest BCUT2D eigenvalue weighted by Gasteiger charge is 2.34. The van der Waals surface area contributed by atoms with E-state index in [-0.39, 0.29) is 23.5 Å². The Labute approximate surface area is 105 Å². The van der Waals surface area contributed by atoms with Crippen molar-refractivity contribution in [2.24, 2.45) is 0 Å². The van der Waals surface area contributed by atoms with Crippen LogP contribution in [-0.2, 0) is 4.84 Å². The van der Waals surface area contributed by atoms with Gasteiger partial charge in [0.15, 0.2) is 23.6 Å². The van der Waals surface area contributed by atoms with Gasteiger partial charge in [0.1, 0.15) is 0 Å². The number of anilines is 1. The third-order valence-corrected chi connectivity index (χ3v) is 2.78. The van der Waals surface area contributed by atoms with Gasteiger partial charge in [-0.15, -0.1) is 5.59 Å². The molecular formula is C8H11N7O4. The van der Waals surface area contributed by atoms with Gasteiger partial charge >= 0.3 is 0 Å². The van der Waals surface area contributed by atoms with E-state index in [9.17, 15) is 9.90 Å². The third-order valence-electron chi connectivity index (χ3n) is 2.78. The van der Waals surface area contributed by atoms with Gasteiger partial charge in [0.25, 0.3) is 5.56 Å². The number of aromatic nitrogens is 4. The number of hydrogen-bond acceptors (Lipinski definition) is 9. The summed E-state index contributed by atoms with van der Waals surface area (Å²) in [6, 6.07) is 0. The Morgan fingerprint density at radius 1 is 1.63 bits per heavy atom. The second kappa shape index (κ2) is 4.25. The van der Waals surface area contributed by atoms with Crippen LogP contribution in [0.4, 0.5) is 5.95 Å². The second-order valence-electron chi connectivity index (χ2n) is 3.98. The molecular weight excluding hydrogens is 258 g/mol. The number of hydrogen-bond donors (Lipinski definition) is 5. The van der Waals surface area contributed by atoms with E-state index in [1.807, 2.05) is 0 Å². The summed E-state index contributed by atoms with van der Waals surface area (Å²) in [6.45, 7) is 0. The zero-order valence-corrected chi connectivity index (χ0v) is 9.52. The monoisotopic (exact) mass is 269 g/mol. The van der Waals surface area contributed by atoms with Crippen LogP contribution in [0, 0.1) is 0 Å². The number of fused-ring (bicyclic) bond motifs is 1. The molecule has 2 aromatic heterocycles. The summed E-state index contributed by atoms with van der Waals surface area (Å²) in [4.78, 5) is 27.0. The van der Waals surface area contributed by atoms with Crippen molar-refractivity contribution in [3.05, 3.63) is 16.7 Å². The molecule has 2 atom stereocenters. The highest BCUT2D eigenvalue weighted by Crippen LogP contribution is 2.27. The Morgan fingerprint density at radius 2 is 2.42 bits per heavy atom. The average Bonchev–Trinajstić information content (AvgIpc) is 2.92. The Balaban J connectivity index is 2.05. The number of nitrogens with one attached hydrogen (secondary N) is 2. The number of nitrogen functional groups attached to an aromatic ring is 1. The van der Waals surface area contributed by atoms with Crippen molar-refractivity contribution in [1.29, 1.82) is 0 Å². The summed E-state index contributed by atoms with van der Waals surface area (Å²) in [5.41, 5.74) is 7.05. The SMILES string of the molecule is Nc1nc2c(ncn2[C@H]2C[C@H](O)N(NO)O2)c(=O)[nH]1. The van der Waals surface area contributed by atoms with Crippen molar-refractivity contribution >= 4 is 17.1 Å². The Bertz CT molecular complexity index is 667. The minimum absolute atomic E-state index is 0.0464. The molecule has 1 fully saturated rings. The number of nitrogens with zero attached hydrogens (tertiary/aromatic N) is 4. The average molecular weight is 269 g/mol. The molecule has 1 aliphatic rings. The van der Waals surface area contributed by atoms with Gasteiger partial charge in [-0.25, -0.2) is 4.98 Å². The fourth-order valence-electron chi connectivity index (χ4n) is 1.93. The molecule has 1 aliphatic heterocycles. The zero-order valence-electron chi connectivity index (χ0n) is 9.52. The number of rotatable bonds is 2. The smallest absolute Gasteiger partial charge is 0.280 e. The minimum Gasteiger partial charge on any atom is -0.374 e. The van der Waals surface area contributed by atoms with E-state index in [1.54, 1.807) is 5.59 Å². The standard InChI is InChI=1S/C8H11N7O4/c9-8-11-6-5(7(17)12-8)10-2-14(6)4-1-3(16)15(13-18)19-4/h2-4,13,16,18H,1H2,(H3,9,11,12,17)/t3-,4+/m0/s1. The lowest BCUT2D eigenvalue weighted by atomic mass is 10.3. The molecule has 0 unspecified atom stereocenters. The van der Waals surface area contributed by atoms with Gasteiger partial charge in [0, 0.05) is 6.42 Å². The maximum Gasteiger partial charge on any atom is 0.280 e. The van der Waals surface area contributed by atoms with Crippen LogP contribution in [0.5, 0.6) is 0 Å². The van der Waals surface area contributed by atoms with Gasteiger partial charge in [-0.05, 0) is 0 Å². The van der Waals surface area contributed by atoms with Gasteiger partial charge in [0.2, 0.25) is 5.95 Å². The number of aromatic amines is 1. The third kappa shape index (κ3) is 1.85. The molecule has 0 radical (unpaired) electrons. The first-order valence-electron chi connectivity index (χ1n) is 5.36. The van der Waals surface area contributed by atoms with Gasteiger partial charge in [-0.1, -0.05) is 5.17 Å². The van der Waals surface area contributed by atoms with Crippen molar-refractivity contribution in [3.8, 4) is 0 Å². The minimum atomic E-state index is -1.05. The molecule has 3 rings (SSSR count). The lowest BCUT2D eigenvalue weighted by molar-refractivity contribution is -0.296. The maximum atomic E-state index is 11.6. The molecule has 2 aromatic rings. The predicted octanol–water partition coefficient (Wildman–Crippen LogP) is -1.95. The number of nitrogens with two attached hydrogens (primary N) is 1. The largest absolute Gasteiger partial charge is 0.374 e. The van der Waals surface area contributed by atoms with E-state index >= 15 is 0 Å². The highest BCUT2D eigenvalue weighted by atomic mass is 16.8. The highest BCUT2D eigenvalue weighted by molar-refractivity contribution is 5.70. The number of hydrazine groups is 1. The molecule has 102 valence electrons. The Morgan fingerprint density at radius 3 is 3.11 bits per heavy atom. The van der Waals surface area contributed by atoms with Crippen molar-refractivity contribution in [1.82, 2.24) is 30.3 Å². The first kappa shape index (κ1) is 12.0. The van der Waals surface area contributed by atoms with Crippen LogP contribution in [0.1, 0.15) is 12.6 Å². The summed E-state index contributed by atoms with van der Waals surface area (Å²) < 4.78 is 1.45. The molecule has 0 aromatic carbocycles. The molecule has 19 heavy (non-hydrogen) atoms.